The van der Waals surface area contributed by atoms with Gasteiger partial charge in [-0.05, 0) is 31.2 Å². The average molecular weight is 283 g/mol. The zero-order valence-electron chi connectivity index (χ0n) is 11.2. The van der Waals surface area contributed by atoms with Crippen molar-refractivity contribution in [3.63, 3.8) is 0 Å². The first kappa shape index (κ1) is 14.5. The lowest BCUT2D eigenvalue weighted by Crippen LogP contribution is -2.41. The Labute approximate surface area is 117 Å². The molecule has 1 aromatic rings. The highest BCUT2D eigenvalue weighted by atomic mass is 32.1. The van der Waals surface area contributed by atoms with Crippen LogP contribution in [0.4, 0.5) is 0 Å². The molecule has 1 unspecified atom stereocenters. The fourth-order valence-electron chi connectivity index (χ4n) is 2.51. The normalized spacial score (nSPS) is 21.0. The number of carbonyl (C=O) groups excluding carboxylic acids is 1. The molecular weight excluding hydrogens is 262 g/mol. The maximum absolute atomic E-state index is 11.8. The molecule has 0 aromatic carbocycles. The van der Waals surface area contributed by atoms with E-state index in [-0.39, 0.29) is 18.9 Å². The van der Waals surface area contributed by atoms with E-state index in [1.54, 1.807) is 6.92 Å². The van der Waals surface area contributed by atoms with Crippen molar-refractivity contribution in [3.8, 4) is 0 Å². The molecule has 19 heavy (non-hydrogen) atoms. The Morgan fingerprint density at radius 1 is 1.53 bits per heavy atom. The van der Waals surface area contributed by atoms with Gasteiger partial charge in [-0.3, -0.25) is 4.79 Å². The summed E-state index contributed by atoms with van der Waals surface area (Å²) >= 11 is 1.46. The predicted molar refractivity (Wildman–Crippen MR) is 74.9 cm³/mol. The van der Waals surface area contributed by atoms with E-state index in [4.69, 9.17) is 0 Å². The van der Waals surface area contributed by atoms with Crippen LogP contribution in [0.3, 0.4) is 0 Å². The first-order valence-electron chi connectivity index (χ1n) is 6.67. The summed E-state index contributed by atoms with van der Waals surface area (Å²) in [5.74, 6) is -0.193. The van der Waals surface area contributed by atoms with Gasteiger partial charge < -0.3 is 15.5 Å². The van der Waals surface area contributed by atoms with Gasteiger partial charge in [0.1, 0.15) is 5.60 Å². The largest absolute Gasteiger partial charge is 0.389 e. The van der Waals surface area contributed by atoms with E-state index >= 15 is 0 Å². The van der Waals surface area contributed by atoms with Crippen molar-refractivity contribution < 1.29 is 15.0 Å². The maximum atomic E-state index is 11.8. The summed E-state index contributed by atoms with van der Waals surface area (Å²) in [6, 6.07) is 3.72. The van der Waals surface area contributed by atoms with Crippen LogP contribution in [0, 0.1) is 0 Å². The number of aliphatic hydroxyl groups is 2. The zero-order valence-corrected chi connectivity index (χ0v) is 12.0. The van der Waals surface area contributed by atoms with Crippen LogP contribution in [-0.4, -0.2) is 28.3 Å². The first-order chi connectivity index (χ1) is 8.91. The van der Waals surface area contributed by atoms with Gasteiger partial charge in [0, 0.05) is 4.88 Å². The highest BCUT2D eigenvalue weighted by Gasteiger charge is 2.34. The van der Waals surface area contributed by atoms with Crippen LogP contribution >= 0.6 is 11.3 Å². The molecule has 1 saturated carbocycles. The van der Waals surface area contributed by atoms with Crippen LogP contribution in [0.5, 0.6) is 0 Å². The third kappa shape index (κ3) is 3.78. The lowest BCUT2D eigenvalue weighted by molar-refractivity contribution is -0.127. The Morgan fingerprint density at radius 3 is 2.79 bits per heavy atom. The predicted octanol–water partition coefficient (Wildman–Crippen LogP) is 1.77. The van der Waals surface area contributed by atoms with Gasteiger partial charge in [0.15, 0.2) is 0 Å². The monoisotopic (exact) mass is 283 g/mol. The second-order valence-corrected chi connectivity index (χ2v) is 6.58. The van der Waals surface area contributed by atoms with E-state index < -0.39 is 11.2 Å². The minimum absolute atomic E-state index is 0.132. The number of thiophene rings is 1. The van der Waals surface area contributed by atoms with Crippen LogP contribution in [-0.2, 0) is 10.4 Å². The Hall–Kier alpha value is -0.910. The zero-order chi connectivity index (χ0) is 13.9. The molecule has 5 heteroatoms. The first-order valence-corrected chi connectivity index (χ1v) is 7.55. The molecule has 1 aromatic heterocycles. The minimum atomic E-state index is -1.05. The van der Waals surface area contributed by atoms with E-state index in [2.05, 4.69) is 5.32 Å². The van der Waals surface area contributed by atoms with Gasteiger partial charge in [0.05, 0.1) is 18.6 Å². The third-order valence-electron chi connectivity index (χ3n) is 3.71. The molecule has 0 radical (unpaired) electrons. The van der Waals surface area contributed by atoms with Crippen LogP contribution in [0.2, 0.25) is 0 Å². The van der Waals surface area contributed by atoms with Crippen LogP contribution < -0.4 is 5.32 Å². The average Bonchev–Trinajstić information content (AvgIpc) is 2.98. The van der Waals surface area contributed by atoms with Crippen LogP contribution in [0.1, 0.15) is 43.9 Å². The molecule has 1 aliphatic rings. The Kier molecular flexibility index (Phi) is 4.28. The summed E-state index contributed by atoms with van der Waals surface area (Å²) < 4.78 is 0. The highest BCUT2D eigenvalue weighted by Crippen LogP contribution is 2.32. The molecule has 3 N–H and O–H groups in total. The van der Waals surface area contributed by atoms with Crippen molar-refractivity contribution in [3.05, 3.63) is 22.4 Å². The summed E-state index contributed by atoms with van der Waals surface area (Å²) in [5.41, 5.74) is -1.89. The molecule has 2 rings (SSSR count). The quantitative estimate of drug-likeness (QED) is 0.771. The molecule has 1 amide bonds. The molecule has 1 heterocycles. The summed E-state index contributed by atoms with van der Waals surface area (Å²) in [4.78, 5) is 12.7. The molecule has 0 saturated heterocycles. The number of nitrogens with one attached hydrogen (secondary N) is 1. The third-order valence-corrected chi connectivity index (χ3v) is 4.83. The smallest absolute Gasteiger partial charge is 0.223 e. The van der Waals surface area contributed by atoms with Gasteiger partial charge >= 0.3 is 0 Å². The van der Waals surface area contributed by atoms with E-state index in [1.165, 1.54) is 11.3 Å². The second kappa shape index (κ2) is 5.61. The lowest BCUT2D eigenvalue weighted by Gasteiger charge is -2.25. The Bertz CT molecular complexity index is 422. The molecule has 1 fully saturated rings. The molecule has 106 valence electrons. The van der Waals surface area contributed by atoms with E-state index in [0.717, 1.165) is 17.7 Å². The molecule has 1 aliphatic carbocycles. The van der Waals surface area contributed by atoms with E-state index in [0.29, 0.717) is 12.8 Å². The van der Waals surface area contributed by atoms with Crippen molar-refractivity contribution in [2.75, 3.05) is 6.54 Å². The maximum Gasteiger partial charge on any atom is 0.223 e. The number of carbonyl (C=O) groups is 1. The number of hydrogen-bond donors (Lipinski definition) is 3. The van der Waals surface area contributed by atoms with Gasteiger partial charge in [-0.25, -0.2) is 0 Å². The van der Waals surface area contributed by atoms with Crippen LogP contribution in [0.25, 0.3) is 0 Å². The molecule has 0 bridgehead atoms. The van der Waals surface area contributed by atoms with Gasteiger partial charge in [0.25, 0.3) is 0 Å². The highest BCUT2D eigenvalue weighted by molar-refractivity contribution is 7.10. The molecule has 0 aliphatic heterocycles. The summed E-state index contributed by atoms with van der Waals surface area (Å²) in [7, 11) is 0. The number of rotatable bonds is 5. The van der Waals surface area contributed by atoms with E-state index in [9.17, 15) is 15.0 Å². The standard InChI is InChI=1S/C14H21NO3S/c1-13(17,11-5-4-8-19-11)10-15-12(16)9-14(18)6-2-3-7-14/h4-5,8,17-18H,2-3,6-7,9-10H2,1H3,(H,15,16). The van der Waals surface area contributed by atoms with Crippen molar-refractivity contribution in [1.82, 2.24) is 5.32 Å². The van der Waals surface area contributed by atoms with Gasteiger partial charge in [-0.2, -0.15) is 0 Å². The fraction of sp³-hybridized carbons (Fsp3) is 0.643. The van der Waals surface area contributed by atoms with Gasteiger partial charge in [-0.1, -0.05) is 18.9 Å². The second-order valence-electron chi connectivity index (χ2n) is 5.64. The summed E-state index contributed by atoms with van der Waals surface area (Å²) in [5, 5.41) is 25.1. The SMILES string of the molecule is CC(O)(CNC(=O)CC1(O)CCCC1)c1cccs1. The summed E-state index contributed by atoms with van der Waals surface area (Å²) in [6.07, 6.45) is 3.49. The lowest BCUT2D eigenvalue weighted by atomic mass is 9.97. The molecule has 4 nitrogen and oxygen atoms in total. The Morgan fingerprint density at radius 2 is 2.21 bits per heavy atom. The van der Waals surface area contributed by atoms with Crippen LogP contribution in [0.15, 0.2) is 17.5 Å². The van der Waals surface area contributed by atoms with E-state index in [1.807, 2.05) is 17.5 Å². The van der Waals surface area contributed by atoms with Crippen molar-refractivity contribution in [2.45, 2.75) is 50.2 Å². The van der Waals surface area contributed by atoms with Gasteiger partial charge in [-0.15, -0.1) is 11.3 Å². The molecular formula is C14H21NO3S. The fourth-order valence-corrected chi connectivity index (χ4v) is 3.30. The van der Waals surface area contributed by atoms with Crippen molar-refractivity contribution >= 4 is 17.2 Å². The topological polar surface area (TPSA) is 69.6 Å². The molecule has 1 atom stereocenters. The number of hydrogen-bond acceptors (Lipinski definition) is 4. The minimum Gasteiger partial charge on any atom is -0.389 e. The number of amides is 1. The Balaban J connectivity index is 1.83. The summed E-state index contributed by atoms with van der Waals surface area (Å²) in [6.45, 7) is 1.85. The van der Waals surface area contributed by atoms with Crippen molar-refractivity contribution in [1.29, 1.82) is 0 Å². The van der Waals surface area contributed by atoms with Gasteiger partial charge in [0.2, 0.25) is 5.91 Å². The van der Waals surface area contributed by atoms with Crippen molar-refractivity contribution in [2.24, 2.45) is 0 Å². The molecule has 0 spiro atoms.